The van der Waals surface area contributed by atoms with Crippen LogP contribution in [0, 0.1) is 5.82 Å². The van der Waals surface area contributed by atoms with Crippen molar-refractivity contribution in [3.8, 4) is 0 Å². The minimum atomic E-state index is -0.422. The number of carbonyl (C=O) groups excluding carboxylic acids is 1. The van der Waals surface area contributed by atoms with Gasteiger partial charge in [0.15, 0.2) is 5.82 Å². The Morgan fingerprint density at radius 3 is 2.64 bits per heavy atom. The third kappa shape index (κ3) is 2.29. The van der Waals surface area contributed by atoms with E-state index in [9.17, 15) is 9.18 Å². The first-order valence-electron chi connectivity index (χ1n) is 6.88. The van der Waals surface area contributed by atoms with Crippen molar-refractivity contribution < 1.29 is 9.18 Å². The Labute approximate surface area is 132 Å². The SMILES string of the molecule is CCC1C(=O)N(C)c2cnc(Cl)nc2N1c1ccc(F)cc1. The van der Waals surface area contributed by atoms with Crippen molar-refractivity contribution in [3.63, 3.8) is 0 Å². The van der Waals surface area contributed by atoms with Gasteiger partial charge in [-0.25, -0.2) is 9.37 Å². The van der Waals surface area contributed by atoms with E-state index in [-0.39, 0.29) is 17.0 Å². The summed E-state index contributed by atoms with van der Waals surface area (Å²) in [6.07, 6.45) is 2.10. The third-order valence-corrected chi connectivity index (χ3v) is 3.91. The fourth-order valence-electron chi connectivity index (χ4n) is 2.62. The minimum Gasteiger partial charge on any atom is -0.312 e. The standard InChI is InChI=1S/C15H14ClFN4O/c1-3-11-14(22)20(2)12-8-18-15(16)19-13(12)21(11)10-6-4-9(17)5-7-10/h4-8,11H,3H2,1-2H3. The van der Waals surface area contributed by atoms with Crippen molar-refractivity contribution in [3.05, 3.63) is 41.6 Å². The Morgan fingerprint density at radius 1 is 1.32 bits per heavy atom. The largest absolute Gasteiger partial charge is 0.312 e. The predicted molar refractivity (Wildman–Crippen MR) is 83.1 cm³/mol. The Bertz CT molecular complexity index is 722. The van der Waals surface area contributed by atoms with Crippen molar-refractivity contribution in [2.75, 3.05) is 16.8 Å². The quantitative estimate of drug-likeness (QED) is 0.798. The Morgan fingerprint density at radius 2 is 2.00 bits per heavy atom. The maximum Gasteiger partial charge on any atom is 0.250 e. The van der Waals surface area contributed by atoms with Gasteiger partial charge in [-0.3, -0.25) is 4.79 Å². The van der Waals surface area contributed by atoms with E-state index in [4.69, 9.17) is 11.6 Å². The molecule has 1 aromatic heterocycles. The molecule has 5 nitrogen and oxygen atoms in total. The first-order chi connectivity index (χ1) is 10.5. The summed E-state index contributed by atoms with van der Waals surface area (Å²) in [6.45, 7) is 1.92. The van der Waals surface area contributed by atoms with E-state index in [2.05, 4.69) is 9.97 Å². The summed E-state index contributed by atoms with van der Waals surface area (Å²) in [5.41, 5.74) is 1.26. The molecule has 0 N–H and O–H groups in total. The zero-order valence-electron chi connectivity index (χ0n) is 12.1. The molecule has 0 saturated carbocycles. The van der Waals surface area contributed by atoms with E-state index in [1.807, 2.05) is 6.92 Å². The average molecular weight is 321 g/mol. The van der Waals surface area contributed by atoms with Gasteiger partial charge in [0.2, 0.25) is 11.2 Å². The number of halogens is 2. The van der Waals surface area contributed by atoms with E-state index in [1.165, 1.54) is 23.2 Å². The molecule has 2 heterocycles. The summed E-state index contributed by atoms with van der Waals surface area (Å²) in [6, 6.07) is 5.53. The Balaban J connectivity index is 2.20. The molecule has 0 fully saturated rings. The Hall–Kier alpha value is -2.21. The average Bonchev–Trinajstić information content (AvgIpc) is 2.51. The summed E-state index contributed by atoms with van der Waals surface area (Å²) < 4.78 is 13.2. The number of hydrogen-bond donors (Lipinski definition) is 0. The molecule has 114 valence electrons. The van der Waals surface area contributed by atoms with E-state index in [0.29, 0.717) is 23.6 Å². The molecular formula is C15H14ClFN4O. The Kier molecular flexibility index (Phi) is 3.70. The van der Waals surface area contributed by atoms with Crippen LogP contribution in [-0.2, 0) is 4.79 Å². The first-order valence-corrected chi connectivity index (χ1v) is 7.25. The van der Waals surface area contributed by atoms with Crippen molar-refractivity contribution >= 4 is 34.7 Å². The molecule has 22 heavy (non-hydrogen) atoms. The second kappa shape index (κ2) is 5.53. The summed E-state index contributed by atoms with van der Waals surface area (Å²) in [4.78, 5) is 24.1. The molecule has 0 aliphatic carbocycles. The number of fused-ring (bicyclic) bond motifs is 1. The van der Waals surface area contributed by atoms with Gasteiger partial charge >= 0.3 is 0 Å². The zero-order chi connectivity index (χ0) is 15.9. The lowest BCUT2D eigenvalue weighted by Gasteiger charge is -2.40. The maximum atomic E-state index is 13.2. The molecule has 0 bridgehead atoms. The molecule has 3 rings (SSSR count). The van der Waals surface area contributed by atoms with Gasteiger partial charge in [-0.2, -0.15) is 4.98 Å². The van der Waals surface area contributed by atoms with Crippen molar-refractivity contribution in [1.82, 2.24) is 9.97 Å². The van der Waals surface area contributed by atoms with Crippen LogP contribution in [0.15, 0.2) is 30.5 Å². The molecule has 1 aliphatic heterocycles. The second-order valence-corrected chi connectivity index (χ2v) is 5.35. The fraction of sp³-hybridized carbons (Fsp3) is 0.267. The van der Waals surface area contributed by atoms with Gasteiger partial charge in [0, 0.05) is 12.7 Å². The number of aromatic nitrogens is 2. The smallest absolute Gasteiger partial charge is 0.250 e. The molecule has 1 unspecified atom stereocenters. The van der Waals surface area contributed by atoms with Crippen LogP contribution in [0.2, 0.25) is 5.28 Å². The van der Waals surface area contributed by atoms with E-state index >= 15 is 0 Å². The fourth-order valence-corrected chi connectivity index (χ4v) is 2.75. The van der Waals surface area contributed by atoms with Gasteiger partial charge in [-0.1, -0.05) is 6.92 Å². The predicted octanol–water partition coefficient (Wildman–Crippen LogP) is 3.16. The number of benzene rings is 1. The third-order valence-electron chi connectivity index (χ3n) is 3.73. The molecule has 2 aromatic rings. The van der Waals surface area contributed by atoms with Crippen LogP contribution in [0.5, 0.6) is 0 Å². The number of anilines is 3. The number of likely N-dealkylation sites (N-methyl/N-ethyl adjacent to an activating group) is 1. The van der Waals surface area contributed by atoms with Crippen LogP contribution in [0.4, 0.5) is 21.6 Å². The summed E-state index contributed by atoms with van der Waals surface area (Å²) in [5, 5.41) is 0.100. The van der Waals surface area contributed by atoms with E-state index in [1.54, 1.807) is 24.1 Å². The monoisotopic (exact) mass is 320 g/mol. The first kappa shape index (κ1) is 14.7. The van der Waals surface area contributed by atoms with Crippen molar-refractivity contribution in [2.45, 2.75) is 19.4 Å². The number of carbonyl (C=O) groups is 1. The van der Waals surface area contributed by atoms with E-state index in [0.717, 1.165) is 0 Å². The lowest BCUT2D eigenvalue weighted by molar-refractivity contribution is -0.119. The number of amides is 1. The van der Waals surface area contributed by atoms with Crippen LogP contribution in [-0.4, -0.2) is 29.0 Å². The van der Waals surface area contributed by atoms with Crippen molar-refractivity contribution in [1.29, 1.82) is 0 Å². The van der Waals surface area contributed by atoms with Crippen LogP contribution >= 0.6 is 11.6 Å². The van der Waals surface area contributed by atoms with Gasteiger partial charge < -0.3 is 9.80 Å². The lowest BCUT2D eigenvalue weighted by atomic mass is 10.1. The van der Waals surface area contributed by atoms with Gasteiger partial charge in [-0.15, -0.1) is 0 Å². The zero-order valence-corrected chi connectivity index (χ0v) is 12.9. The highest BCUT2D eigenvalue weighted by Gasteiger charge is 2.37. The summed E-state index contributed by atoms with van der Waals surface area (Å²) in [7, 11) is 1.68. The molecule has 0 radical (unpaired) electrons. The summed E-state index contributed by atoms with van der Waals surface area (Å²) >= 11 is 5.92. The number of nitrogens with zero attached hydrogens (tertiary/aromatic N) is 4. The lowest BCUT2D eigenvalue weighted by Crippen LogP contribution is -2.50. The highest BCUT2D eigenvalue weighted by atomic mass is 35.5. The second-order valence-electron chi connectivity index (χ2n) is 5.02. The maximum absolute atomic E-state index is 13.2. The topological polar surface area (TPSA) is 49.3 Å². The highest BCUT2D eigenvalue weighted by Crippen LogP contribution is 2.39. The molecule has 1 amide bonds. The molecule has 1 aromatic carbocycles. The molecular weight excluding hydrogens is 307 g/mol. The van der Waals surface area contributed by atoms with Crippen LogP contribution < -0.4 is 9.80 Å². The van der Waals surface area contributed by atoms with Crippen LogP contribution in [0.25, 0.3) is 0 Å². The number of hydrogen-bond acceptors (Lipinski definition) is 4. The molecule has 1 aliphatic rings. The van der Waals surface area contributed by atoms with Crippen molar-refractivity contribution in [2.24, 2.45) is 0 Å². The normalized spacial score (nSPS) is 17.6. The molecule has 0 saturated heterocycles. The van der Waals surface area contributed by atoms with Gasteiger partial charge in [0.25, 0.3) is 0 Å². The van der Waals surface area contributed by atoms with E-state index < -0.39 is 6.04 Å². The van der Waals surface area contributed by atoms with Gasteiger partial charge in [-0.05, 0) is 42.3 Å². The molecule has 0 spiro atoms. The molecule has 7 heteroatoms. The number of rotatable bonds is 2. The van der Waals surface area contributed by atoms with Crippen LogP contribution in [0.3, 0.4) is 0 Å². The molecule has 1 atom stereocenters. The summed E-state index contributed by atoms with van der Waals surface area (Å²) in [5.74, 6) is 0.143. The van der Waals surface area contributed by atoms with Gasteiger partial charge in [0.1, 0.15) is 17.5 Å². The minimum absolute atomic E-state index is 0.0646. The highest BCUT2D eigenvalue weighted by molar-refractivity contribution is 6.28. The van der Waals surface area contributed by atoms with Gasteiger partial charge in [0.05, 0.1) is 6.20 Å². The van der Waals surface area contributed by atoms with Crippen LogP contribution in [0.1, 0.15) is 13.3 Å².